The average molecular weight is 192 g/mol. The summed E-state index contributed by atoms with van der Waals surface area (Å²) in [4.78, 5) is 1.70. The van der Waals surface area contributed by atoms with Gasteiger partial charge in [-0.15, -0.1) is 0 Å². The quantitative estimate of drug-likeness (QED) is 0.707. The van der Waals surface area contributed by atoms with E-state index in [4.69, 9.17) is 0 Å². The summed E-state index contributed by atoms with van der Waals surface area (Å²) < 4.78 is 23.9. The molecule has 1 saturated heterocycles. The molecule has 78 valence electrons. The molecule has 0 spiro atoms. The Bertz CT molecular complexity index is 136. The molecule has 0 amide bonds. The Balaban J connectivity index is 2.03. The lowest BCUT2D eigenvalue weighted by molar-refractivity contribution is 0.0987. The number of nitrogens with zero attached hydrogens (tertiary/aromatic N) is 1. The van der Waals surface area contributed by atoms with Crippen LogP contribution in [-0.4, -0.2) is 44.0 Å². The Morgan fingerprint density at radius 2 is 2.31 bits per heavy atom. The maximum atomic E-state index is 11.9. The normalized spacial score (nSPS) is 23.3. The first kappa shape index (κ1) is 10.9. The van der Waals surface area contributed by atoms with Crippen molar-refractivity contribution < 1.29 is 8.78 Å². The van der Waals surface area contributed by atoms with Crippen LogP contribution in [0.25, 0.3) is 0 Å². The van der Waals surface area contributed by atoms with Crippen molar-refractivity contribution in [2.75, 3.05) is 26.7 Å². The third kappa shape index (κ3) is 4.52. The molecule has 1 aliphatic rings. The molecule has 0 saturated carbocycles. The Kier molecular flexibility index (Phi) is 4.59. The van der Waals surface area contributed by atoms with Crippen LogP contribution < -0.4 is 5.32 Å². The summed E-state index contributed by atoms with van der Waals surface area (Å²) in [6.07, 6.45) is 1.20. The molecule has 1 unspecified atom stereocenters. The predicted octanol–water partition coefficient (Wildman–Crippen LogP) is 1.33. The van der Waals surface area contributed by atoms with Gasteiger partial charge in [0.15, 0.2) is 0 Å². The summed E-state index contributed by atoms with van der Waals surface area (Å²) in [6.45, 7) is 1.75. The van der Waals surface area contributed by atoms with E-state index in [9.17, 15) is 8.78 Å². The first-order chi connectivity index (χ1) is 6.18. The zero-order chi connectivity index (χ0) is 9.68. The SMILES string of the molecule is CN(CCC1CCCN1)CC(F)F. The fourth-order valence-electron chi connectivity index (χ4n) is 1.71. The Labute approximate surface area is 78.3 Å². The van der Waals surface area contributed by atoms with Gasteiger partial charge >= 0.3 is 0 Å². The number of alkyl halides is 2. The molecule has 0 aromatic carbocycles. The summed E-state index contributed by atoms with van der Waals surface area (Å²) >= 11 is 0. The second-order valence-corrected chi connectivity index (χ2v) is 3.74. The van der Waals surface area contributed by atoms with Crippen LogP contribution in [-0.2, 0) is 0 Å². The van der Waals surface area contributed by atoms with Crippen molar-refractivity contribution in [1.82, 2.24) is 10.2 Å². The molecule has 0 aromatic heterocycles. The first-order valence-electron chi connectivity index (χ1n) is 4.88. The van der Waals surface area contributed by atoms with Gasteiger partial charge in [0.25, 0.3) is 6.43 Å². The molecule has 1 aliphatic heterocycles. The Hall–Kier alpha value is -0.220. The maximum Gasteiger partial charge on any atom is 0.251 e. The smallest absolute Gasteiger partial charge is 0.251 e. The third-order valence-corrected chi connectivity index (χ3v) is 2.47. The van der Waals surface area contributed by atoms with E-state index in [1.54, 1.807) is 11.9 Å². The van der Waals surface area contributed by atoms with Crippen molar-refractivity contribution in [3.8, 4) is 0 Å². The van der Waals surface area contributed by atoms with Crippen molar-refractivity contribution in [3.05, 3.63) is 0 Å². The highest BCUT2D eigenvalue weighted by Gasteiger charge is 2.15. The van der Waals surface area contributed by atoms with Gasteiger partial charge in [0.05, 0.1) is 6.54 Å². The minimum atomic E-state index is -2.21. The standard InChI is InChI=1S/C9H18F2N2/c1-13(7-9(10)11)6-4-8-3-2-5-12-8/h8-9,12H,2-7H2,1H3. The van der Waals surface area contributed by atoms with E-state index in [2.05, 4.69) is 5.32 Å². The number of halogens is 2. The molecule has 4 heteroatoms. The second-order valence-electron chi connectivity index (χ2n) is 3.74. The van der Waals surface area contributed by atoms with E-state index in [0.717, 1.165) is 19.5 Å². The van der Waals surface area contributed by atoms with Gasteiger partial charge in [0.2, 0.25) is 0 Å². The number of rotatable bonds is 5. The maximum absolute atomic E-state index is 11.9. The number of hydrogen-bond acceptors (Lipinski definition) is 2. The van der Waals surface area contributed by atoms with E-state index in [1.807, 2.05) is 0 Å². The molecule has 0 aromatic rings. The third-order valence-electron chi connectivity index (χ3n) is 2.47. The van der Waals surface area contributed by atoms with Crippen LogP contribution in [0.2, 0.25) is 0 Å². The van der Waals surface area contributed by atoms with Crippen LogP contribution in [0.3, 0.4) is 0 Å². The Morgan fingerprint density at radius 1 is 1.54 bits per heavy atom. The molecule has 13 heavy (non-hydrogen) atoms. The molecule has 0 aliphatic carbocycles. The molecule has 1 heterocycles. The molecule has 1 rings (SSSR count). The lowest BCUT2D eigenvalue weighted by Gasteiger charge is -2.18. The summed E-state index contributed by atoms with van der Waals surface area (Å²) in [5.41, 5.74) is 0. The lowest BCUT2D eigenvalue weighted by atomic mass is 10.1. The van der Waals surface area contributed by atoms with Crippen LogP contribution in [0.1, 0.15) is 19.3 Å². The minimum Gasteiger partial charge on any atom is -0.314 e. The lowest BCUT2D eigenvalue weighted by Crippen LogP contribution is -2.31. The van der Waals surface area contributed by atoms with E-state index in [1.165, 1.54) is 12.8 Å². The molecular weight excluding hydrogens is 174 g/mol. The van der Waals surface area contributed by atoms with Crippen molar-refractivity contribution in [2.45, 2.75) is 31.7 Å². The molecule has 0 radical (unpaired) electrons. The summed E-state index contributed by atoms with van der Waals surface area (Å²) in [7, 11) is 1.75. The van der Waals surface area contributed by atoms with Gasteiger partial charge < -0.3 is 10.2 Å². The van der Waals surface area contributed by atoms with Crippen molar-refractivity contribution in [2.24, 2.45) is 0 Å². The molecule has 1 N–H and O–H groups in total. The molecule has 2 nitrogen and oxygen atoms in total. The second kappa shape index (κ2) is 5.50. The van der Waals surface area contributed by atoms with Crippen LogP contribution in [0.15, 0.2) is 0 Å². The molecule has 1 atom stereocenters. The predicted molar refractivity (Wildman–Crippen MR) is 49.1 cm³/mol. The zero-order valence-corrected chi connectivity index (χ0v) is 8.10. The number of nitrogens with one attached hydrogen (secondary N) is 1. The van der Waals surface area contributed by atoms with Crippen LogP contribution in [0.5, 0.6) is 0 Å². The molecular formula is C9H18F2N2. The van der Waals surface area contributed by atoms with Crippen molar-refractivity contribution in [3.63, 3.8) is 0 Å². The zero-order valence-electron chi connectivity index (χ0n) is 8.10. The highest BCUT2D eigenvalue weighted by molar-refractivity contribution is 4.74. The van der Waals surface area contributed by atoms with Gasteiger partial charge in [0, 0.05) is 6.04 Å². The highest BCUT2D eigenvalue weighted by atomic mass is 19.3. The first-order valence-corrected chi connectivity index (χ1v) is 4.88. The van der Waals surface area contributed by atoms with Gasteiger partial charge in [-0.05, 0) is 39.4 Å². The summed E-state index contributed by atoms with van der Waals surface area (Å²) in [5, 5.41) is 3.35. The van der Waals surface area contributed by atoms with E-state index in [0.29, 0.717) is 6.04 Å². The van der Waals surface area contributed by atoms with Gasteiger partial charge in [-0.25, -0.2) is 8.78 Å². The largest absolute Gasteiger partial charge is 0.314 e. The van der Waals surface area contributed by atoms with E-state index in [-0.39, 0.29) is 6.54 Å². The van der Waals surface area contributed by atoms with E-state index < -0.39 is 6.43 Å². The van der Waals surface area contributed by atoms with Crippen LogP contribution in [0.4, 0.5) is 8.78 Å². The Morgan fingerprint density at radius 3 is 2.85 bits per heavy atom. The van der Waals surface area contributed by atoms with Crippen molar-refractivity contribution in [1.29, 1.82) is 0 Å². The van der Waals surface area contributed by atoms with Gasteiger partial charge in [-0.2, -0.15) is 0 Å². The highest BCUT2D eigenvalue weighted by Crippen LogP contribution is 2.09. The minimum absolute atomic E-state index is 0.104. The van der Waals surface area contributed by atoms with Crippen LogP contribution >= 0.6 is 0 Å². The summed E-state index contributed by atoms with van der Waals surface area (Å²) in [5.74, 6) is 0. The van der Waals surface area contributed by atoms with Gasteiger partial charge in [-0.1, -0.05) is 0 Å². The van der Waals surface area contributed by atoms with Crippen LogP contribution in [0, 0.1) is 0 Å². The fraction of sp³-hybridized carbons (Fsp3) is 1.00. The molecule has 1 fully saturated rings. The molecule has 0 bridgehead atoms. The van der Waals surface area contributed by atoms with Gasteiger partial charge in [-0.3, -0.25) is 0 Å². The van der Waals surface area contributed by atoms with E-state index >= 15 is 0 Å². The average Bonchev–Trinajstić information content (AvgIpc) is 2.51. The summed E-state index contributed by atoms with van der Waals surface area (Å²) in [6, 6.07) is 0.556. The van der Waals surface area contributed by atoms with Crippen molar-refractivity contribution >= 4 is 0 Å². The fourth-order valence-corrected chi connectivity index (χ4v) is 1.71. The topological polar surface area (TPSA) is 15.3 Å². The monoisotopic (exact) mass is 192 g/mol. The number of hydrogen-bond donors (Lipinski definition) is 1. The van der Waals surface area contributed by atoms with Gasteiger partial charge in [0.1, 0.15) is 0 Å².